The predicted molar refractivity (Wildman–Crippen MR) is 229 cm³/mol. The van der Waals surface area contributed by atoms with Crippen molar-refractivity contribution in [3.8, 4) is 5.69 Å². The molecule has 0 aliphatic carbocycles. The quantitative estimate of drug-likeness (QED) is 0.133. The molecule has 0 radical (unpaired) electrons. The second-order valence-electron chi connectivity index (χ2n) is 14.0. The fourth-order valence-electron chi connectivity index (χ4n) is 8.46. The largest absolute Gasteiger partial charge is 0.456 e. The highest BCUT2D eigenvalue weighted by atomic mass is 16.3. The highest BCUT2D eigenvalue weighted by molar-refractivity contribution is 6.31. The fourth-order valence-corrected chi connectivity index (χ4v) is 8.46. The van der Waals surface area contributed by atoms with Crippen LogP contribution in [0.2, 0.25) is 0 Å². The molecule has 0 unspecified atom stereocenters. The van der Waals surface area contributed by atoms with Crippen LogP contribution in [0.3, 0.4) is 0 Å². The molecule has 0 spiro atoms. The first-order valence-electron chi connectivity index (χ1n) is 18.3. The van der Waals surface area contributed by atoms with E-state index in [0.29, 0.717) is 0 Å². The fraction of sp³-hybridized carbons (Fsp3) is 0.0200. The van der Waals surface area contributed by atoms with Gasteiger partial charge in [-0.2, -0.15) is 0 Å². The number of para-hydroxylation sites is 4. The van der Waals surface area contributed by atoms with Crippen LogP contribution in [0.5, 0.6) is 0 Å². The molecule has 54 heavy (non-hydrogen) atoms. The second kappa shape index (κ2) is 11.9. The lowest BCUT2D eigenvalue weighted by Gasteiger charge is -2.21. The summed E-state index contributed by atoms with van der Waals surface area (Å²) in [6.45, 7) is 0. The Morgan fingerprint density at radius 2 is 1.11 bits per heavy atom. The summed E-state index contributed by atoms with van der Waals surface area (Å²) in [4.78, 5) is 7.24. The number of hydrogen-bond acceptors (Lipinski definition) is 3. The molecule has 0 saturated heterocycles. The SMILES string of the molecule is CN(c1ccccc1)c1ccccc1C=Nc1cccc(-n2c3ccccc3c3cc4c5ccccc5c5cc6c(cc5c4cc32)oc2ccccc26)c1. The van der Waals surface area contributed by atoms with Gasteiger partial charge < -0.3 is 13.9 Å². The molecule has 11 rings (SSSR count). The van der Waals surface area contributed by atoms with Crippen molar-refractivity contribution in [3.05, 3.63) is 181 Å². The lowest BCUT2D eigenvalue weighted by atomic mass is 9.92. The third-order valence-electron chi connectivity index (χ3n) is 11.0. The second-order valence-corrected chi connectivity index (χ2v) is 14.0. The van der Waals surface area contributed by atoms with Gasteiger partial charge in [-0.3, -0.25) is 4.99 Å². The van der Waals surface area contributed by atoms with Gasteiger partial charge in [0.1, 0.15) is 11.2 Å². The summed E-state index contributed by atoms with van der Waals surface area (Å²) in [5, 5.41) is 12.1. The Kier molecular flexibility index (Phi) is 6.73. The van der Waals surface area contributed by atoms with E-state index in [1.54, 1.807) is 0 Å². The molecule has 2 aromatic heterocycles. The smallest absolute Gasteiger partial charge is 0.136 e. The van der Waals surface area contributed by atoms with E-state index in [9.17, 15) is 0 Å². The first-order valence-corrected chi connectivity index (χ1v) is 18.3. The topological polar surface area (TPSA) is 33.7 Å². The van der Waals surface area contributed by atoms with Gasteiger partial charge in [0, 0.05) is 57.4 Å². The van der Waals surface area contributed by atoms with E-state index in [1.165, 1.54) is 43.1 Å². The zero-order valence-electron chi connectivity index (χ0n) is 29.6. The zero-order chi connectivity index (χ0) is 35.8. The van der Waals surface area contributed by atoms with Crippen molar-refractivity contribution in [1.82, 2.24) is 4.57 Å². The Morgan fingerprint density at radius 1 is 0.463 bits per heavy atom. The van der Waals surface area contributed by atoms with E-state index in [4.69, 9.17) is 9.41 Å². The molecule has 0 N–H and O–H groups in total. The lowest BCUT2D eigenvalue weighted by molar-refractivity contribution is 0.669. The summed E-state index contributed by atoms with van der Waals surface area (Å²) in [7, 11) is 2.10. The van der Waals surface area contributed by atoms with Gasteiger partial charge in [-0.25, -0.2) is 0 Å². The summed E-state index contributed by atoms with van der Waals surface area (Å²) in [5.41, 5.74) is 9.36. The molecule has 0 saturated carbocycles. The summed E-state index contributed by atoms with van der Waals surface area (Å²) in [6.07, 6.45) is 1.98. The van der Waals surface area contributed by atoms with E-state index in [0.717, 1.165) is 61.3 Å². The Hall–Kier alpha value is -7.17. The average Bonchev–Trinajstić information content (AvgIpc) is 3.77. The Morgan fingerprint density at radius 3 is 1.94 bits per heavy atom. The normalized spacial score (nSPS) is 12.1. The molecule has 0 aliphatic heterocycles. The first-order chi connectivity index (χ1) is 26.7. The number of nitrogens with zero attached hydrogens (tertiary/aromatic N) is 3. The molecule has 2 heterocycles. The maximum Gasteiger partial charge on any atom is 0.136 e. The van der Waals surface area contributed by atoms with Gasteiger partial charge in [0.25, 0.3) is 0 Å². The maximum atomic E-state index is 6.44. The number of hydrogen-bond donors (Lipinski definition) is 0. The molecule has 0 atom stereocenters. The number of furan rings is 1. The summed E-state index contributed by atoms with van der Waals surface area (Å²) in [5.74, 6) is 0. The van der Waals surface area contributed by atoms with E-state index >= 15 is 0 Å². The number of aliphatic imine (C=N–C) groups is 1. The zero-order valence-corrected chi connectivity index (χ0v) is 29.6. The highest BCUT2D eigenvalue weighted by Gasteiger charge is 2.18. The van der Waals surface area contributed by atoms with Gasteiger partial charge in [0.2, 0.25) is 0 Å². The Bertz CT molecular complexity index is 3300. The monoisotopic (exact) mass is 691 g/mol. The number of fused-ring (bicyclic) bond motifs is 12. The van der Waals surface area contributed by atoms with Crippen LogP contribution >= 0.6 is 0 Å². The molecule has 4 heteroatoms. The number of anilines is 2. The van der Waals surface area contributed by atoms with E-state index < -0.39 is 0 Å². The van der Waals surface area contributed by atoms with Gasteiger partial charge >= 0.3 is 0 Å². The molecular weight excluding hydrogens is 659 g/mol. The Balaban J connectivity index is 1.12. The molecular formula is C50H33N3O. The number of aromatic nitrogens is 1. The number of rotatable bonds is 5. The summed E-state index contributed by atoms with van der Waals surface area (Å²) in [6, 6.07) is 62.6. The van der Waals surface area contributed by atoms with Crippen molar-refractivity contribution >= 4 is 99.3 Å². The minimum atomic E-state index is 0.889. The van der Waals surface area contributed by atoms with Crippen molar-refractivity contribution in [2.24, 2.45) is 4.99 Å². The van der Waals surface area contributed by atoms with Crippen LogP contribution in [-0.2, 0) is 0 Å². The van der Waals surface area contributed by atoms with Gasteiger partial charge in [-0.1, -0.05) is 103 Å². The first kappa shape index (κ1) is 30.5. The predicted octanol–water partition coefficient (Wildman–Crippen LogP) is 13.7. The van der Waals surface area contributed by atoms with Crippen LogP contribution in [0.15, 0.2) is 185 Å². The van der Waals surface area contributed by atoms with E-state index in [1.807, 2.05) is 18.3 Å². The van der Waals surface area contributed by atoms with Crippen molar-refractivity contribution in [1.29, 1.82) is 0 Å². The third-order valence-corrected chi connectivity index (χ3v) is 11.0. The van der Waals surface area contributed by atoms with Gasteiger partial charge in [-0.05, 0) is 105 Å². The molecule has 11 aromatic rings. The van der Waals surface area contributed by atoms with Crippen LogP contribution in [0, 0.1) is 0 Å². The Labute approximate surface area is 311 Å². The van der Waals surface area contributed by atoms with Crippen molar-refractivity contribution in [3.63, 3.8) is 0 Å². The molecule has 4 nitrogen and oxygen atoms in total. The summed E-state index contributed by atoms with van der Waals surface area (Å²) < 4.78 is 8.83. The minimum absolute atomic E-state index is 0.889. The molecule has 0 bridgehead atoms. The molecule has 254 valence electrons. The van der Waals surface area contributed by atoms with Gasteiger partial charge in [-0.15, -0.1) is 0 Å². The number of benzene rings is 9. The van der Waals surface area contributed by atoms with Crippen LogP contribution < -0.4 is 4.90 Å². The third kappa shape index (κ3) is 4.67. The van der Waals surface area contributed by atoms with Gasteiger partial charge in [0.15, 0.2) is 0 Å². The highest BCUT2D eigenvalue weighted by Crippen LogP contribution is 2.43. The van der Waals surface area contributed by atoms with Crippen molar-refractivity contribution < 1.29 is 4.42 Å². The van der Waals surface area contributed by atoms with Crippen molar-refractivity contribution in [2.45, 2.75) is 0 Å². The van der Waals surface area contributed by atoms with Crippen molar-refractivity contribution in [2.75, 3.05) is 11.9 Å². The van der Waals surface area contributed by atoms with Crippen LogP contribution in [0.25, 0.3) is 81.7 Å². The summed E-state index contributed by atoms with van der Waals surface area (Å²) >= 11 is 0. The van der Waals surface area contributed by atoms with Crippen LogP contribution in [-0.4, -0.2) is 17.8 Å². The average molecular weight is 692 g/mol. The molecule has 0 aliphatic rings. The molecule has 9 aromatic carbocycles. The standard InChI is InChI=1S/C50H33N3O/c1-52(34-16-3-2-4-17-34)46-23-10-5-14-32(46)31-51-33-15-13-18-35(26-33)53-47-24-11-8-21-38(47)44-27-40-36-19-6-7-20-37(36)41-28-45-39-22-9-12-25-49(39)54-50(45)30-43(41)42(40)29-48(44)53/h2-31H,1H3. The molecule has 0 amide bonds. The maximum absolute atomic E-state index is 6.44. The van der Waals surface area contributed by atoms with Gasteiger partial charge in [0.05, 0.1) is 16.7 Å². The molecule has 0 fully saturated rings. The van der Waals surface area contributed by atoms with Crippen LogP contribution in [0.4, 0.5) is 17.1 Å². The lowest BCUT2D eigenvalue weighted by Crippen LogP contribution is -2.11. The van der Waals surface area contributed by atoms with E-state index in [2.05, 4.69) is 180 Å². The van der Waals surface area contributed by atoms with E-state index in [-0.39, 0.29) is 0 Å². The minimum Gasteiger partial charge on any atom is -0.456 e. The van der Waals surface area contributed by atoms with Crippen LogP contribution in [0.1, 0.15) is 5.56 Å².